The molecule has 2 bridgehead atoms. The fourth-order valence-electron chi connectivity index (χ4n) is 3.45. The molecule has 6 heteroatoms. The van der Waals surface area contributed by atoms with Crippen LogP contribution in [0.5, 0.6) is 0 Å². The average Bonchev–Trinajstić information content (AvgIpc) is 2.67. The predicted molar refractivity (Wildman–Crippen MR) is 67.2 cm³/mol. The molecule has 2 atom stereocenters. The Labute approximate surface area is 119 Å². The highest BCUT2D eigenvalue weighted by Crippen LogP contribution is 2.40. The van der Waals surface area contributed by atoms with Gasteiger partial charge in [-0.1, -0.05) is 0 Å². The number of ether oxygens (including phenoxy) is 1. The van der Waals surface area contributed by atoms with Gasteiger partial charge in [0.05, 0.1) is 23.4 Å². The molecule has 3 rings (SSSR count). The van der Waals surface area contributed by atoms with Gasteiger partial charge in [0.25, 0.3) is 0 Å². The van der Waals surface area contributed by atoms with E-state index in [1.54, 1.807) is 0 Å². The number of fused-ring (bicyclic) bond motifs is 2. The number of halogens is 4. The van der Waals surface area contributed by atoms with Crippen LogP contribution in [0.2, 0.25) is 0 Å². The Morgan fingerprint density at radius 3 is 2.33 bits per heavy atom. The van der Waals surface area contributed by atoms with Crippen molar-refractivity contribution in [2.75, 3.05) is 0 Å². The summed E-state index contributed by atoms with van der Waals surface area (Å²) in [6.45, 7) is 0. The third-order valence-corrected chi connectivity index (χ3v) is 4.23. The topological polar surface area (TPSA) is 29.5 Å². The zero-order chi connectivity index (χ0) is 15.3. The molecule has 2 fully saturated rings. The van der Waals surface area contributed by atoms with Crippen LogP contribution in [0.15, 0.2) is 18.2 Å². The number of benzene rings is 1. The SMILES string of the molecule is OC1(Cc2cc(F)cc(C(F)(F)F)c2)CC2CCC(C1)O2. The smallest absolute Gasteiger partial charge is 0.389 e. The summed E-state index contributed by atoms with van der Waals surface area (Å²) in [5.74, 6) is -0.932. The molecule has 2 unspecified atom stereocenters. The van der Waals surface area contributed by atoms with Gasteiger partial charge in [-0.15, -0.1) is 0 Å². The number of hydrogen-bond acceptors (Lipinski definition) is 2. The number of hydrogen-bond donors (Lipinski definition) is 1. The van der Waals surface area contributed by atoms with Crippen LogP contribution in [-0.2, 0) is 17.3 Å². The molecule has 0 aromatic heterocycles. The Morgan fingerprint density at radius 1 is 1.14 bits per heavy atom. The molecule has 0 amide bonds. The van der Waals surface area contributed by atoms with Crippen molar-refractivity contribution < 1.29 is 27.4 Å². The molecule has 2 nitrogen and oxygen atoms in total. The van der Waals surface area contributed by atoms with Crippen molar-refractivity contribution in [2.24, 2.45) is 0 Å². The molecule has 2 saturated heterocycles. The van der Waals surface area contributed by atoms with Crippen molar-refractivity contribution in [2.45, 2.75) is 56.1 Å². The van der Waals surface area contributed by atoms with Crippen LogP contribution in [0.25, 0.3) is 0 Å². The van der Waals surface area contributed by atoms with E-state index in [9.17, 15) is 22.7 Å². The number of aliphatic hydroxyl groups is 1. The molecule has 1 aromatic rings. The van der Waals surface area contributed by atoms with Crippen LogP contribution in [-0.4, -0.2) is 22.9 Å². The van der Waals surface area contributed by atoms with E-state index in [1.165, 1.54) is 0 Å². The summed E-state index contributed by atoms with van der Waals surface area (Å²) in [6, 6.07) is 2.45. The van der Waals surface area contributed by atoms with Crippen molar-refractivity contribution in [1.29, 1.82) is 0 Å². The maximum Gasteiger partial charge on any atom is 0.416 e. The summed E-state index contributed by atoms with van der Waals surface area (Å²) in [5.41, 5.74) is -1.96. The first kappa shape index (κ1) is 14.8. The van der Waals surface area contributed by atoms with Crippen LogP contribution < -0.4 is 0 Å². The maximum atomic E-state index is 13.4. The Bertz CT molecular complexity index is 529. The van der Waals surface area contributed by atoms with Gasteiger partial charge in [-0.3, -0.25) is 0 Å². The molecule has 0 aliphatic carbocycles. The highest BCUT2D eigenvalue weighted by molar-refractivity contribution is 5.28. The summed E-state index contributed by atoms with van der Waals surface area (Å²) < 4.78 is 57.1. The Balaban J connectivity index is 1.83. The summed E-state index contributed by atoms with van der Waals surface area (Å²) >= 11 is 0. The van der Waals surface area contributed by atoms with E-state index in [2.05, 4.69) is 0 Å². The normalized spacial score (nSPS) is 32.4. The van der Waals surface area contributed by atoms with Gasteiger partial charge in [0, 0.05) is 19.3 Å². The van der Waals surface area contributed by atoms with Crippen LogP contribution in [0, 0.1) is 5.82 Å². The standard InChI is InChI=1S/C15H16F4O2/c16-11-4-9(3-10(5-11)15(17,18)19)6-14(20)7-12-1-2-13(8-14)21-12/h3-5,12-13,20H,1-2,6-8H2. The Kier molecular flexibility index (Phi) is 3.48. The molecule has 0 saturated carbocycles. The molecule has 116 valence electrons. The lowest BCUT2D eigenvalue weighted by Crippen LogP contribution is -2.42. The lowest BCUT2D eigenvalue weighted by Gasteiger charge is -2.36. The highest BCUT2D eigenvalue weighted by atomic mass is 19.4. The first-order chi connectivity index (χ1) is 9.73. The second-order valence-electron chi connectivity index (χ2n) is 6.11. The third-order valence-electron chi connectivity index (χ3n) is 4.23. The summed E-state index contributed by atoms with van der Waals surface area (Å²) in [6.07, 6.45) is -2.14. The molecule has 1 N–H and O–H groups in total. The zero-order valence-electron chi connectivity index (χ0n) is 11.3. The number of rotatable bonds is 2. The van der Waals surface area contributed by atoms with Crippen LogP contribution in [0.4, 0.5) is 17.6 Å². The van der Waals surface area contributed by atoms with E-state index in [1.807, 2.05) is 0 Å². The fourth-order valence-corrected chi connectivity index (χ4v) is 3.45. The van der Waals surface area contributed by atoms with E-state index >= 15 is 0 Å². The van der Waals surface area contributed by atoms with E-state index in [0.29, 0.717) is 18.9 Å². The molecular formula is C15H16F4O2. The second-order valence-corrected chi connectivity index (χ2v) is 6.11. The molecule has 2 aliphatic rings. The van der Waals surface area contributed by atoms with Gasteiger partial charge >= 0.3 is 6.18 Å². The van der Waals surface area contributed by atoms with Crippen LogP contribution in [0.3, 0.4) is 0 Å². The largest absolute Gasteiger partial charge is 0.416 e. The van der Waals surface area contributed by atoms with E-state index in [4.69, 9.17) is 4.74 Å². The van der Waals surface area contributed by atoms with Gasteiger partial charge in [0.2, 0.25) is 0 Å². The number of alkyl halides is 3. The summed E-state index contributed by atoms with van der Waals surface area (Å²) in [5, 5.41) is 10.6. The summed E-state index contributed by atoms with van der Waals surface area (Å²) in [7, 11) is 0. The van der Waals surface area contributed by atoms with Crippen molar-refractivity contribution in [1.82, 2.24) is 0 Å². The molecule has 0 radical (unpaired) electrons. The monoisotopic (exact) mass is 304 g/mol. The molecule has 1 aromatic carbocycles. The Morgan fingerprint density at radius 2 is 1.76 bits per heavy atom. The van der Waals surface area contributed by atoms with Gasteiger partial charge < -0.3 is 9.84 Å². The summed E-state index contributed by atoms with van der Waals surface area (Å²) in [4.78, 5) is 0. The van der Waals surface area contributed by atoms with Crippen LogP contribution in [0.1, 0.15) is 36.8 Å². The molecule has 2 heterocycles. The van der Waals surface area contributed by atoms with Crippen molar-refractivity contribution in [3.05, 3.63) is 35.1 Å². The van der Waals surface area contributed by atoms with Crippen LogP contribution >= 0.6 is 0 Å². The van der Waals surface area contributed by atoms with E-state index < -0.39 is 23.2 Å². The molecule has 2 aliphatic heterocycles. The maximum absolute atomic E-state index is 13.4. The second kappa shape index (κ2) is 4.95. The van der Waals surface area contributed by atoms with Crippen molar-refractivity contribution in [3.63, 3.8) is 0 Å². The van der Waals surface area contributed by atoms with Gasteiger partial charge in [-0.05, 0) is 36.6 Å². The van der Waals surface area contributed by atoms with Gasteiger partial charge in [0.15, 0.2) is 0 Å². The first-order valence-electron chi connectivity index (χ1n) is 6.98. The molecule has 21 heavy (non-hydrogen) atoms. The minimum Gasteiger partial charge on any atom is -0.389 e. The average molecular weight is 304 g/mol. The van der Waals surface area contributed by atoms with Crippen molar-refractivity contribution in [3.8, 4) is 0 Å². The third kappa shape index (κ3) is 3.21. The minimum atomic E-state index is -4.59. The molecule has 0 spiro atoms. The first-order valence-corrected chi connectivity index (χ1v) is 6.98. The predicted octanol–water partition coefficient (Wildman–Crippen LogP) is 3.46. The van der Waals surface area contributed by atoms with Crippen molar-refractivity contribution >= 4 is 0 Å². The fraction of sp³-hybridized carbons (Fsp3) is 0.600. The minimum absolute atomic E-state index is 0.0181. The Hall–Kier alpha value is -1.14. The van der Waals surface area contributed by atoms with E-state index in [-0.39, 0.29) is 24.2 Å². The lowest BCUT2D eigenvalue weighted by molar-refractivity contribution is -0.138. The zero-order valence-corrected chi connectivity index (χ0v) is 11.3. The van der Waals surface area contributed by atoms with Gasteiger partial charge in [0.1, 0.15) is 5.82 Å². The quantitative estimate of drug-likeness (QED) is 0.848. The van der Waals surface area contributed by atoms with E-state index in [0.717, 1.165) is 25.0 Å². The molecular weight excluding hydrogens is 288 g/mol. The van der Waals surface area contributed by atoms with Gasteiger partial charge in [-0.2, -0.15) is 13.2 Å². The lowest BCUT2D eigenvalue weighted by atomic mass is 9.84. The van der Waals surface area contributed by atoms with Gasteiger partial charge in [-0.25, -0.2) is 4.39 Å². The highest BCUT2D eigenvalue weighted by Gasteiger charge is 2.43.